The predicted octanol–water partition coefficient (Wildman–Crippen LogP) is 4.51. The van der Waals surface area contributed by atoms with Gasteiger partial charge < -0.3 is 10.5 Å². The predicted molar refractivity (Wildman–Crippen MR) is 79.6 cm³/mol. The fourth-order valence-corrected chi connectivity index (χ4v) is 2.24. The van der Waals surface area contributed by atoms with E-state index < -0.39 is 5.82 Å². The number of rotatable bonds is 4. The summed E-state index contributed by atoms with van der Waals surface area (Å²) in [6, 6.07) is 10.6. The molecule has 3 heteroatoms. The summed E-state index contributed by atoms with van der Waals surface area (Å²) in [7, 11) is 0. The van der Waals surface area contributed by atoms with Gasteiger partial charge in [-0.2, -0.15) is 0 Å². The van der Waals surface area contributed by atoms with Gasteiger partial charge in [0.1, 0.15) is 5.75 Å². The van der Waals surface area contributed by atoms with Crippen LogP contribution in [-0.4, -0.2) is 0 Å². The summed E-state index contributed by atoms with van der Waals surface area (Å²) in [5, 5.41) is 0. The molecular formula is C17H20FNO. The van der Waals surface area contributed by atoms with Crippen molar-refractivity contribution in [2.75, 3.05) is 0 Å². The van der Waals surface area contributed by atoms with Crippen LogP contribution < -0.4 is 10.5 Å². The Morgan fingerprint density at radius 3 is 2.45 bits per heavy atom. The third kappa shape index (κ3) is 3.17. The summed E-state index contributed by atoms with van der Waals surface area (Å²) in [5.74, 6) is 0.938. The third-order valence-corrected chi connectivity index (χ3v) is 3.32. The van der Waals surface area contributed by atoms with Crippen molar-refractivity contribution < 1.29 is 9.13 Å². The molecule has 2 aromatic rings. The van der Waals surface area contributed by atoms with Crippen molar-refractivity contribution >= 4 is 0 Å². The molecule has 106 valence electrons. The average molecular weight is 273 g/mol. The van der Waals surface area contributed by atoms with Gasteiger partial charge in [-0.25, -0.2) is 4.39 Å². The normalized spacial score (nSPS) is 10.9. The van der Waals surface area contributed by atoms with Gasteiger partial charge in [-0.15, -0.1) is 0 Å². The Balaban J connectivity index is 2.24. The minimum Gasteiger partial charge on any atom is -0.454 e. The lowest BCUT2D eigenvalue weighted by atomic mass is 9.98. The highest BCUT2D eigenvalue weighted by atomic mass is 19.1. The molecule has 0 spiro atoms. The minimum absolute atomic E-state index is 0.221. The van der Waals surface area contributed by atoms with Gasteiger partial charge >= 0.3 is 0 Å². The molecule has 0 bridgehead atoms. The van der Waals surface area contributed by atoms with Crippen molar-refractivity contribution in [3.8, 4) is 11.5 Å². The van der Waals surface area contributed by atoms with Gasteiger partial charge in [0.25, 0.3) is 0 Å². The average Bonchev–Trinajstić information content (AvgIpc) is 2.40. The second-order valence-electron chi connectivity index (χ2n) is 5.24. The van der Waals surface area contributed by atoms with E-state index in [1.165, 1.54) is 11.6 Å². The molecule has 0 aromatic heterocycles. The second kappa shape index (κ2) is 6.06. The standard InChI is InChI=1S/C17H20FNO/c1-11(2)15-6-5-14(8-12(15)3)20-17-7-4-13(10-19)9-16(17)18/h4-9,11H,10,19H2,1-3H3. The first-order chi connectivity index (χ1) is 9.51. The third-order valence-electron chi connectivity index (χ3n) is 3.32. The Bertz CT molecular complexity index is 608. The maximum Gasteiger partial charge on any atom is 0.166 e. The molecule has 2 aromatic carbocycles. The van der Waals surface area contributed by atoms with Crippen molar-refractivity contribution in [1.82, 2.24) is 0 Å². The van der Waals surface area contributed by atoms with E-state index in [1.807, 2.05) is 25.1 Å². The molecule has 0 saturated heterocycles. The second-order valence-corrected chi connectivity index (χ2v) is 5.24. The summed E-state index contributed by atoms with van der Waals surface area (Å²) in [6.45, 7) is 6.65. The van der Waals surface area contributed by atoms with Crippen molar-refractivity contribution in [3.05, 3.63) is 58.9 Å². The highest BCUT2D eigenvalue weighted by molar-refractivity contribution is 5.40. The van der Waals surface area contributed by atoms with E-state index in [4.69, 9.17) is 10.5 Å². The molecular weight excluding hydrogens is 253 g/mol. The fraction of sp³-hybridized carbons (Fsp3) is 0.294. The zero-order valence-electron chi connectivity index (χ0n) is 12.1. The van der Waals surface area contributed by atoms with E-state index in [0.717, 1.165) is 11.1 Å². The first kappa shape index (κ1) is 14.5. The molecule has 0 aliphatic carbocycles. The Hall–Kier alpha value is -1.87. The summed E-state index contributed by atoms with van der Waals surface area (Å²) in [6.07, 6.45) is 0. The molecule has 0 radical (unpaired) electrons. The van der Waals surface area contributed by atoms with E-state index in [-0.39, 0.29) is 5.75 Å². The van der Waals surface area contributed by atoms with Crippen molar-refractivity contribution in [2.45, 2.75) is 33.2 Å². The highest BCUT2D eigenvalue weighted by Gasteiger charge is 2.08. The summed E-state index contributed by atoms with van der Waals surface area (Å²) < 4.78 is 19.5. The quantitative estimate of drug-likeness (QED) is 0.889. The molecule has 0 unspecified atom stereocenters. The first-order valence-electron chi connectivity index (χ1n) is 6.78. The largest absolute Gasteiger partial charge is 0.454 e. The van der Waals surface area contributed by atoms with E-state index in [9.17, 15) is 4.39 Å². The number of benzene rings is 2. The van der Waals surface area contributed by atoms with Crippen molar-refractivity contribution in [2.24, 2.45) is 5.73 Å². The van der Waals surface area contributed by atoms with Gasteiger partial charge in [-0.3, -0.25) is 0 Å². The van der Waals surface area contributed by atoms with Crippen LogP contribution in [0.2, 0.25) is 0 Å². The van der Waals surface area contributed by atoms with Crippen molar-refractivity contribution in [3.63, 3.8) is 0 Å². The summed E-state index contributed by atoms with van der Waals surface area (Å²) in [4.78, 5) is 0. The van der Waals surface area contributed by atoms with Crippen LogP contribution in [0.4, 0.5) is 4.39 Å². The molecule has 0 fully saturated rings. The maximum atomic E-state index is 13.9. The smallest absolute Gasteiger partial charge is 0.166 e. The highest BCUT2D eigenvalue weighted by Crippen LogP contribution is 2.28. The van der Waals surface area contributed by atoms with E-state index in [0.29, 0.717) is 18.2 Å². The lowest BCUT2D eigenvalue weighted by Crippen LogP contribution is -1.98. The van der Waals surface area contributed by atoms with Crippen molar-refractivity contribution in [1.29, 1.82) is 0 Å². The Morgan fingerprint density at radius 1 is 1.15 bits per heavy atom. The Labute approximate surface area is 119 Å². The van der Waals surface area contributed by atoms with Crippen LogP contribution in [0.3, 0.4) is 0 Å². The lowest BCUT2D eigenvalue weighted by Gasteiger charge is -2.13. The lowest BCUT2D eigenvalue weighted by molar-refractivity contribution is 0.441. The monoisotopic (exact) mass is 273 g/mol. The zero-order valence-corrected chi connectivity index (χ0v) is 12.1. The van der Waals surface area contributed by atoms with E-state index in [2.05, 4.69) is 13.8 Å². The van der Waals surface area contributed by atoms with Gasteiger partial charge in [0.15, 0.2) is 11.6 Å². The fourth-order valence-electron chi connectivity index (χ4n) is 2.24. The number of ether oxygens (including phenoxy) is 1. The first-order valence-corrected chi connectivity index (χ1v) is 6.78. The number of hydrogen-bond donors (Lipinski definition) is 1. The van der Waals surface area contributed by atoms with Crippen LogP contribution in [0.15, 0.2) is 36.4 Å². The minimum atomic E-state index is -0.390. The molecule has 0 aliphatic heterocycles. The zero-order chi connectivity index (χ0) is 14.7. The molecule has 0 aliphatic rings. The maximum absolute atomic E-state index is 13.9. The molecule has 2 rings (SSSR count). The Morgan fingerprint density at radius 2 is 1.90 bits per heavy atom. The van der Waals surface area contributed by atoms with Crippen LogP contribution in [-0.2, 0) is 6.54 Å². The van der Waals surface area contributed by atoms with E-state index in [1.54, 1.807) is 12.1 Å². The number of aryl methyl sites for hydroxylation is 1. The van der Waals surface area contributed by atoms with Gasteiger partial charge in [0.2, 0.25) is 0 Å². The van der Waals surface area contributed by atoms with E-state index >= 15 is 0 Å². The van der Waals surface area contributed by atoms with Crippen LogP contribution in [0.25, 0.3) is 0 Å². The number of halogens is 1. The molecule has 0 heterocycles. The number of hydrogen-bond acceptors (Lipinski definition) is 2. The summed E-state index contributed by atoms with van der Waals surface area (Å²) in [5.41, 5.74) is 8.65. The molecule has 0 saturated carbocycles. The number of nitrogens with two attached hydrogens (primary N) is 1. The van der Waals surface area contributed by atoms with Crippen LogP contribution in [0, 0.1) is 12.7 Å². The van der Waals surface area contributed by atoms with Gasteiger partial charge in [-0.1, -0.05) is 26.0 Å². The molecule has 20 heavy (non-hydrogen) atoms. The van der Waals surface area contributed by atoms with Crippen LogP contribution in [0.5, 0.6) is 11.5 Å². The molecule has 0 atom stereocenters. The van der Waals surface area contributed by atoms with Gasteiger partial charge in [0.05, 0.1) is 0 Å². The topological polar surface area (TPSA) is 35.2 Å². The summed E-state index contributed by atoms with van der Waals surface area (Å²) >= 11 is 0. The molecule has 2 N–H and O–H groups in total. The Kier molecular flexibility index (Phi) is 4.40. The van der Waals surface area contributed by atoms with Crippen LogP contribution >= 0.6 is 0 Å². The molecule has 0 amide bonds. The van der Waals surface area contributed by atoms with Crippen LogP contribution in [0.1, 0.15) is 36.5 Å². The SMILES string of the molecule is Cc1cc(Oc2ccc(CN)cc2F)ccc1C(C)C. The van der Waals surface area contributed by atoms with Gasteiger partial charge in [0, 0.05) is 6.54 Å². The molecule has 2 nitrogen and oxygen atoms in total. The van der Waals surface area contributed by atoms with Gasteiger partial charge in [-0.05, 0) is 53.8 Å².